The van der Waals surface area contributed by atoms with Crippen molar-refractivity contribution in [2.24, 2.45) is 5.92 Å². The molecule has 2 aromatic rings. The fraction of sp³-hybridized carbons (Fsp3) is 0.522. The van der Waals surface area contributed by atoms with Gasteiger partial charge in [0.25, 0.3) is 5.91 Å². The first-order chi connectivity index (χ1) is 14.3. The minimum Gasteiger partial charge on any atom is -0.348 e. The van der Waals surface area contributed by atoms with Gasteiger partial charge in [0, 0.05) is 28.4 Å². The Balaban J connectivity index is 1.49. The zero-order chi connectivity index (χ0) is 21.5. The molecule has 1 aliphatic heterocycles. The standard InChI is InChI=1S/C23H29N3O3S/c1-15-7-4-5-10-23(15)21(28)26(22(29)24-23)14-20(27)19-13-16(2)25(17(19)3)11-9-18-8-6-12-30-18/h6,8,12-13,15H,4-5,7,9-11,14H2,1-3H3,(H,24,29)/t15-,23+/m1/s1. The molecule has 2 atom stereocenters. The lowest BCUT2D eigenvalue weighted by Gasteiger charge is -2.36. The van der Waals surface area contributed by atoms with Gasteiger partial charge in [-0.05, 0) is 56.5 Å². The van der Waals surface area contributed by atoms with Gasteiger partial charge in [-0.2, -0.15) is 0 Å². The van der Waals surface area contributed by atoms with Gasteiger partial charge >= 0.3 is 6.03 Å². The molecule has 0 bridgehead atoms. The number of amides is 3. The molecule has 7 heteroatoms. The van der Waals surface area contributed by atoms with E-state index in [0.29, 0.717) is 12.0 Å². The van der Waals surface area contributed by atoms with Crippen LogP contribution in [-0.2, 0) is 17.8 Å². The van der Waals surface area contributed by atoms with E-state index in [4.69, 9.17) is 0 Å². The van der Waals surface area contributed by atoms with E-state index >= 15 is 0 Å². The van der Waals surface area contributed by atoms with Crippen LogP contribution in [0.3, 0.4) is 0 Å². The highest BCUT2D eigenvalue weighted by atomic mass is 32.1. The van der Waals surface area contributed by atoms with Crippen LogP contribution >= 0.6 is 11.3 Å². The van der Waals surface area contributed by atoms with E-state index in [1.54, 1.807) is 11.3 Å². The molecule has 0 radical (unpaired) electrons. The predicted molar refractivity (Wildman–Crippen MR) is 117 cm³/mol. The molecule has 1 saturated heterocycles. The number of aromatic nitrogens is 1. The number of carbonyl (C=O) groups is 3. The summed E-state index contributed by atoms with van der Waals surface area (Å²) in [4.78, 5) is 41.3. The first kappa shape index (κ1) is 20.8. The number of aryl methyl sites for hydroxylation is 2. The molecule has 3 heterocycles. The molecule has 1 saturated carbocycles. The first-order valence-electron chi connectivity index (χ1n) is 10.7. The Labute approximate surface area is 181 Å². The van der Waals surface area contributed by atoms with E-state index in [1.807, 2.05) is 32.9 Å². The second-order valence-corrected chi connectivity index (χ2v) is 9.66. The zero-order valence-corrected chi connectivity index (χ0v) is 18.7. The molecule has 0 aromatic carbocycles. The molecular weight excluding hydrogens is 398 g/mol. The van der Waals surface area contributed by atoms with Crippen molar-refractivity contribution in [3.63, 3.8) is 0 Å². The number of imide groups is 1. The molecule has 0 unspecified atom stereocenters. The number of ketones is 1. The highest BCUT2D eigenvalue weighted by Crippen LogP contribution is 2.38. The summed E-state index contributed by atoms with van der Waals surface area (Å²) in [7, 11) is 0. The third-order valence-corrected chi connectivity index (χ3v) is 7.78. The Hall–Kier alpha value is -2.41. The Bertz CT molecular complexity index is 978. The normalized spacial score (nSPS) is 24.0. The largest absolute Gasteiger partial charge is 0.348 e. The van der Waals surface area contributed by atoms with E-state index in [0.717, 1.165) is 48.5 Å². The minimum atomic E-state index is -0.826. The Morgan fingerprint density at radius 1 is 1.30 bits per heavy atom. The summed E-state index contributed by atoms with van der Waals surface area (Å²) in [5.41, 5.74) is 1.67. The van der Waals surface area contributed by atoms with Gasteiger partial charge in [0.15, 0.2) is 5.78 Å². The van der Waals surface area contributed by atoms with E-state index in [-0.39, 0.29) is 24.2 Å². The van der Waals surface area contributed by atoms with Gasteiger partial charge in [0.05, 0.1) is 6.54 Å². The van der Waals surface area contributed by atoms with Crippen LogP contribution in [0.5, 0.6) is 0 Å². The molecule has 4 rings (SSSR count). The second kappa shape index (κ2) is 8.02. The molecule has 3 amide bonds. The number of nitrogens with one attached hydrogen (secondary N) is 1. The number of nitrogens with zero attached hydrogens (tertiary/aromatic N) is 2. The maximum Gasteiger partial charge on any atom is 0.325 e. The van der Waals surface area contributed by atoms with Gasteiger partial charge in [0.2, 0.25) is 0 Å². The summed E-state index contributed by atoms with van der Waals surface area (Å²) in [5.74, 6) is -0.334. The second-order valence-electron chi connectivity index (χ2n) is 8.63. The van der Waals surface area contributed by atoms with E-state index in [2.05, 4.69) is 21.3 Å². The van der Waals surface area contributed by atoms with Crippen LogP contribution in [0.1, 0.15) is 59.2 Å². The van der Waals surface area contributed by atoms with Crippen molar-refractivity contribution in [1.29, 1.82) is 0 Å². The molecule has 30 heavy (non-hydrogen) atoms. The Morgan fingerprint density at radius 3 is 2.80 bits per heavy atom. The third-order valence-electron chi connectivity index (χ3n) is 6.84. The lowest BCUT2D eigenvalue weighted by atomic mass is 9.73. The van der Waals surface area contributed by atoms with Crippen molar-refractivity contribution in [2.45, 2.75) is 65.0 Å². The molecule has 2 aromatic heterocycles. The maximum absolute atomic E-state index is 13.1. The van der Waals surface area contributed by atoms with Crippen LogP contribution in [0.2, 0.25) is 0 Å². The molecule has 1 spiro atoms. The van der Waals surface area contributed by atoms with E-state index in [9.17, 15) is 14.4 Å². The van der Waals surface area contributed by atoms with Crippen LogP contribution in [-0.4, -0.2) is 39.3 Å². The third kappa shape index (κ3) is 3.49. The van der Waals surface area contributed by atoms with Gasteiger partial charge in [-0.1, -0.05) is 25.8 Å². The maximum atomic E-state index is 13.1. The van der Waals surface area contributed by atoms with Crippen molar-refractivity contribution in [2.75, 3.05) is 6.54 Å². The van der Waals surface area contributed by atoms with Crippen molar-refractivity contribution < 1.29 is 14.4 Å². The summed E-state index contributed by atoms with van der Waals surface area (Å²) in [6.07, 6.45) is 4.47. The quantitative estimate of drug-likeness (QED) is 0.557. The molecule has 160 valence electrons. The van der Waals surface area contributed by atoms with Crippen LogP contribution in [0, 0.1) is 19.8 Å². The van der Waals surface area contributed by atoms with E-state index < -0.39 is 11.6 Å². The highest BCUT2D eigenvalue weighted by Gasteiger charge is 2.55. The van der Waals surface area contributed by atoms with Gasteiger partial charge in [-0.25, -0.2) is 4.79 Å². The number of hydrogen-bond donors (Lipinski definition) is 1. The monoisotopic (exact) mass is 427 g/mol. The first-order valence-corrected chi connectivity index (χ1v) is 11.6. The number of hydrogen-bond acceptors (Lipinski definition) is 4. The summed E-state index contributed by atoms with van der Waals surface area (Å²) in [6.45, 7) is 6.54. The SMILES string of the molecule is Cc1cc(C(=O)CN2C(=O)N[C@]3(CCCC[C@H]3C)C2=O)c(C)n1CCc1cccs1. The number of rotatable bonds is 6. The Morgan fingerprint density at radius 2 is 2.10 bits per heavy atom. The summed E-state index contributed by atoms with van der Waals surface area (Å²) in [6, 6.07) is 5.60. The summed E-state index contributed by atoms with van der Waals surface area (Å²) in [5, 5.41) is 4.99. The Kier molecular flexibility index (Phi) is 5.57. The number of urea groups is 1. The van der Waals surface area contributed by atoms with Crippen LogP contribution in [0.25, 0.3) is 0 Å². The molecule has 6 nitrogen and oxygen atoms in total. The minimum absolute atomic E-state index is 0.0881. The average molecular weight is 428 g/mol. The average Bonchev–Trinajstić information content (AvgIpc) is 3.38. The fourth-order valence-electron chi connectivity index (χ4n) is 4.97. The van der Waals surface area contributed by atoms with Crippen molar-refractivity contribution in [1.82, 2.24) is 14.8 Å². The predicted octanol–water partition coefficient (Wildman–Crippen LogP) is 4.09. The lowest BCUT2D eigenvalue weighted by Crippen LogP contribution is -2.54. The van der Waals surface area contributed by atoms with Gasteiger partial charge in [-0.3, -0.25) is 14.5 Å². The number of carbonyl (C=O) groups excluding carboxylic acids is 3. The van der Waals surface area contributed by atoms with E-state index in [1.165, 1.54) is 4.88 Å². The van der Waals surface area contributed by atoms with Gasteiger partial charge < -0.3 is 9.88 Å². The molecule has 2 fully saturated rings. The van der Waals surface area contributed by atoms with Gasteiger partial charge in [-0.15, -0.1) is 11.3 Å². The van der Waals surface area contributed by atoms with Gasteiger partial charge in [0.1, 0.15) is 5.54 Å². The molecule has 1 aliphatic carbocycles. The zero-order valence-electron chi connectivity index (χ0n) is 17.9. The highest BCUT2D eigenvalue weighted by molar-refractivity contribution is 7.09. The summed E-state index contributed by atoms with van der Waals surface area (Å²) >= 11 is 1.73. The molecular formula is C23H29N3O3S. The molecule has 2 aliphatic rings. The number of thiophene rings is 1. The fourth-order valence-corrected chi connectivity index (χ4v) is 5.67. The van der Waals surface area contributed by atoms with Crippen molar-refractivity contribution in [3.8, 4) is 0 Å². The topological polar surface area (TPSA) is 71.4 Å². The number of Topliss-reactive ketones (excluding diaryl/α,β-unsaturated/α-hetero) is 1. The smallest absolute Gasteiger partial charge is 0.325 e. The van der Waals surface area contributed by atoms with Crippen LogP contribution < -0.4 is 5.32 Å². The van der Waals surface area contributed by atoms with Crippen molar-refractivity contribution >= 4 is 29.1 Å². The van der Waals surface area contributed by atoms with Crippen molar-refractivity contribution in [3.05, 3.63) is 45.4 Å². The molecule has 1 N–H and O–H groups in total. The summed E-state index contributed by atoms with van der Waals surface area (Å²) < 4.78 is 2.14. The lowest BCUT2D eigenvalue weighted by molar-refractivity contribution is -0.133. The van der Waals surface area contributed by atoms with Crippen LogP contribution in [0.15, 0.2) is 23.6 Å². The van der Waals surface area contributed by atoms with Crippen LogP contribution in [0.4, 0.5) is 4.79 Å².